The number of nitrogens with one attached hydrogen (secondary N) is 2. The minimum Gasteiger partial charge on any atom is -0.313 e. The number of anilines is 1. The van der Waals surface area contributed by atoms with Gasteiger partial charge >= 0.3 is 0 Å². The standard InChI is InChI=1S/C8H12N4O/c1-3-6(2)11-12-7-4-8(13)10-5-9-7/h4-5H,3H2,1-2H3,(H2,9,10,12,13)/b11-6+. The number of H-pyrrole nitrogens is 1. The maximum atomic E-state index is 10.8. The third-order valence-electron chi connectivity index (χ3n) is 1.55. The van der Waals surface area contributed by atoms with Gasteiger partial charge < -0.3 is 4.98 Å². The molecule has 0 aliphatic carbocycles. The Morgan fingerprint density at radius 2 is 2.54 bits per heavy atom. The van der Waals surface area contributed by atoms with E-state index in [-0.39, 0.29) is 5.56 Å². The van der Waals surface area contributed by atoms with E-state index in [0.717, 1.165) is 12.1 Å². The summed E-state index contributed by atoms with van der Waals surface area (Å²) in [5.74, 6) is 0.455. The van der Waals surface area contributed by atoms with Crippen LogP contribution in [-0.2, 0) is 0 Å². The normalized spacial score (nSPS) is 11.4. The molecule has 5 heteroatoms. The predicted octanol–water partition coefficient (Wildman–Crippen LogP) is 0.968. The Labute approximate surface area is 75.9 Å². The first-order chi connectivity index (χ1) is 6.22. The number of hydrogen-bond acceptors (Lipinski definition) is 4. The molecule has 1 aromatic heterocycles. The van der Waals surface area contributed by atoms with Crippen molar-refractivity contribution in [2.45, 2.75) is 20.3 Å². The van der Waals surface area contributed by atoms with Gasteiger partial charge in [-0.15, -0.1) is 0 Å². The van der Waals surface area contributed by atoms with Crippen molar-refractivity contribution < 1.29 is 0 Å². The van der Waals surface area contributed by atoms with Crippen molar-refractivity contribution in [3.63, 3.8) is 0 Å². The predicted molar refractivity (Wildman–Crippen MR) is 51.9 cm³/mol. The van der Waals surface area contributed by atoms with Gasteiger partial charge in [-0.05, 0) is 13.3 Å². The fourth-order valence-electron chi connectivity index (χ4n) is 0.661. The molecule has 0 radical (unpaired) electrons. The van der Waals surface area contributed by atoms with Crippen LogP contribution in [0.1, 0.15) is 20.3 Å². The number of aromatic amines is 1. The van der Waals surface area contributed by atoms with Gasteiger partial charge in [0.1, 0.15) is 0 Å². The summed E-state index contributed by atoms with van der Waals surface area (Å²) < 4.78 is 0. The van der Waals surface area contributed by atoms with E-state index in [1.807, 2.05) is 13.8 Å². The first-order valence-electron chi connectivity index (χ1n) is 4.06. The van der Waals surface area contributed by atoms with E-state index in [1.54, 1.807) is 0 Å². The molecule has 0 fully saturated rings. The Morgan fingerprint density at radius 3 is 3.15 bits per heavy atom. The van der Waals surface area contributed by atoms with E-state index in [2.05, 4.69) is 20.5 Å². The van der Waals surface area contributed by atoms with Gasteiger partial charge in [-0.25, -0.2) is 4.98 Å². The molecule has 0 saturated carbocycles. The smallest absolute Gasteiger partial charge is 0.252 e. The van der Waals surface area contributed by atoms with Crippen molar-refractivity contribution in [2.75, 3.05) is 5.43 Å². The number of aromatic nitrogens is 2. The first-order valence-corrected chi connectivity index (χ1v) is 4.06. The zero-order valence-electron chi connectivity index (χ0n) is 7.66. The fraction of sp³-hybridized carbons (Fsp3) is 0.375. The third-order valence-corrected chi connectivity index (χ3v) is 1.55. The average Bonchev–Trinajstić information content (AvgIpc) is 2.14. The van der Waals surface area contributed by atoms with Crippen molar-refractivity contribution >= 4 is 11.5 Å². The van der Waals surface area contributed by atoms with Crippen LogP contribution in [0.3, 0.4) is 0 Å². The summed E-state index contributed by atoms with van der Waals surface area (Å²) in [7, 11) is 0. The largest absolute Gasteiger partial charge is 0.313 e. The van der Waals surface area contributed by atoms with Crippen molar-refractivity contribution in [2.24, 2.45) is 5.10 Å². The Hall–Kier alpha value is -1.65. The summed E-state index contributed by atoms with van der Waals surface area (Å²) in [4.78, 5) is 17.1. The summed E-state index contributed by atoms with van der Waals surface area (Å²) in [5.41, 5.74) is 3.46. The molecular formula is C8H12N4O. The lowest BCUT2D eigenvalue weighted by molar-refractivity contribution is 1.09. The maximum absolute atomic E-state index is 10.8. The fourth-order valence-corrected chi connectivity index (χ4v) is 0.661. The molecule has 0 amide bonds. The van der Waals surface area contributed by atoms with Crippen LogP contribution < -0.4 is 11.0 Å². The molecule has 0 bridgehead atoms. The average molecular weight is 180 g/mol. The SMILES string of the molecule is CC/C(C)=N/Nc1cc(=O)[nH]cn1. The van der Waals surface area contributed by atoms with Gasteiger partial charge in [-0.2, -0.15) is 5.10 Å². The van der Waals surface area contributed by atoms with Gasteiger partial charge in [-0.1, -0.05) is 6.92 Å². The Morgan fingerprint density at radius 1 is 1.77 bits per heavy atom. The highest BCUT2D eigenvalue weighted by molar-refractivity contribution is 5.82. The van der Waals surface area contributed by atoms with Crippen LogP contribution in [-0.4, -0.2) is 15.7 Å². The van der Waals surface area contributed by atoms with Gasteiger partial charge in [0.05, 0.1) is 6.33 Å². The molecular weight excluding hydrogens is 168 g/mol. The van der Waals surface area contributed by atoms with E-state index in [1.165, 1.54) is 12.4 Å². The van der Waals surface area contributed by atoms with Gasteiger partial charge in [0.15, 0.2) is 5.82 Å². The third kappa shape index (κ3) is 3.06. The molecule has 1 rings (SSSR count). The molecule has 70 valence electrons. The monoisotopic (exact) mass is 180 g/mol. The number of nitrogens with zero attached hydrogens (tertiary/aromatic N) is 2. The van der Waals surface area contributed by atoms with Crippen LogP contribution in [0.25, 0.3) is 0 Å². The van der Waals surface area contributed by atoms with E-state index >= 15 is 0 Å². The highest BCUT2D eigenvalue weighted by Crippen LogP contribution is 1.95. The van der Waals surface area contributed by atoms with Crippen molar-refractivity contribution in [3.8, 4) is 0 Å². The summed E-state index contributed by atoms with van der Waals surface area (Å²) in [6, 6.07) is 1.35. The van der Waals surface area contributed by atoms with E-state index in [0.29, 0.717) is 5.82 Å². The minimum absolute atomic E-state index is 0.193. The molecule has 0 aliphatic heterocycles. The van der Waals surface area contributed by atoms with E-state index in [4.69, 9.17) is 0 Å². The van der Waals surface area contributed by atoms with Crippen LogP contribution >= 0.6 is 0 Å². The van der Waals surface area contributed by atoms with Crippen LogP contribution in [0.15, 0.2) is 22.3 Å². The van der Waals surface area contributed by atoms with Gasteiger partial charge in [0.2, 0.25) is 0 Å². The van der Waals surface area contributed by atoms with Crippen molar-refractivity contribution in [1.82, 2.24) is 9.97 Å². The van der Waals surface area contributed by atoms with Gasteiger partial charge in [0, 0.05) is 11.8 Å². The summed E-state index contributed by atoms with van der Waals surface area (Å²) in [5, 5.41) is 4.01. The summed E-state index contributed by atoms with van der Waals surface area (Å²) in [6.45, 7) is 3.91. The Balaban J connectivity index is 2.70. The quantitative estimate of drug-likeness (QED) is 0.537. The molecule has 0 unspecified atom stereocenters. The molecule has 13 heavy (non-hydrogen) atoms. The highest BCUT2D eigenvalue weighted by Gasteiger charge is 1.91. The molecule has 0 spiro atoms. The molecule has 0 aliphatic rings. The molecule has 2 N–H and O–H groups in total. The zero-order valence-corrected chi connectivity index (χ0v) is 7.66. The maximum Gasteiger partial charge on any atom is 0.252 e. The Kier molecular flexibility index (Phi) is 3.19. The van der Waals surface area contributed by atoms with Crippen molar-refractivity contribution in [1.29, 1.82) is 0 Å². The van der Waals surface area contributed by atoms with Crippen LogP contribution in [0, 0.1) is 0 Å². The second-order valence-electron chi connectivity index (χ2n) is 2.61. The number of hydrogen-bond donors (Lipinski definition) is 2. The zero-order chi connectivity index (χ0) is 9.68. The van der Waals surface area contributed by atoms with Gasteiger partial charge in [0.25, 0.3) is 5.56 Å². The second-order valence-corrected chi connectivity index (χ2v) is 2.61. The molecule has 1 heterocycles. The number of hydrazone groups is 1. The molecule has 1 aromatic rings. The second kappa shape index (κ2) is 4.39. The topological polar surface area (TPSA) is 70.1 Å². The molecule has 0 aromatic carbocycles. The van der Waals surface area contributed by atoms with Crippen LogP contribution in [0.2, 0.25) is 0 Å². The highest BCUT2D eigenvalue weighted by atomic mass is 16.1. The van der Waals surface area contributed by atoms with Crippen LogP contribution in [0.4, 0.5) is 5.82 Å². The van der Waals surface area contributed by atoms with Gasteiger partial charge in [-0.3, -0.25) is 10.2 Å². The molecule has 0 saturated heterocycles. The summed E-state index contributed by atoms with van der Waals surface area (Å²) in [6.07, 6.45) is 2.21. The lowest BCUT2D eigenvalue weighted by atomic mass is 10.3. The van der Waals surface area contributed by atoms with Crippen LogP contribution in [0.5, 0.6) is 0 Å². The molecule has 5 nitrogen and oxygen atoms in total. The number of rotatable bonds is 3. The lowest BCUT2D eigenvalue weighted by Crippen LogP contribution is -2.07. The van der Waals surface area contributed by atoms with E-state index in [9.17, 15) is 4.79 Å². The molecule has 0 atom stereocenters. The lowest BCUT2D eigenvalue weighted by Gasteiger charge is -1.98. The minimum atomic E-state index is -0.193. The van der Waals surface area contributed by atoms with Crippen molar-refractivity contribution in [3.05, 3.63) is 22.7 Å². The first kappa shape index (κ1) is 9.44. The Bertz CT molecular complexity index is 355. The summed E-state index contributed by atoms with van der Waals surface area (Å²) >= 11 is 0. The van der Waals surface area contributed by atoms with E-state index < -0.39 is 0 Å².